The van der Waals surface area contributed by atoms with E-state index >= 15 is 0 Å². The zero-order valence-corrected chi connectivity index (χ0v) is 11.3. The number of likely N-dealkylation sites (N-methyl/N-ethyl adjacent to an activating group) is 2. The first kappa shape index (κ1) is 13.7. The summed E-state index contributed by atoms with van der Waals surface area (Å²) >= 11 is 0. The molecular weight excluding hydrogens is 214 g/mol. The average molecular weight is 237 g/mol. The first-order valence-electron chi connectivity index (χ1n) is 6.08. The van der Waals surface area contributed by atoms with Crippen molar-refractivity contribution in [3.8, 4) is 0 Å². The van der Waals surface area contributed by atoms with E-state index in [9.17, 15) is 0 Å². The summed E-state index contributed by atoms with van der Waals surface area (Å²) in [6.07, 6.45) is 2.75. The maximum absolute atomic E-state index is 4.30. The van der Waals surface area contributed by atoms with Crippen molar-refractivity contribution in [2.75, 3.05) is 50.6 Å². The Morgan fingerprint density at radius 3 is 2.24 bits per heavy atom. The van der Waals surface area contributed by atoms with Crippen molar-refractivity contribution in [2.45, 2.75) is 13.3 Å². The van der Waals surface area contributed by atoms with E-state index in [1.54, 1.807) is 6.33 Å². The fourth-order valence-electron chi connectivity index (χ4n) is 1.60. The van der Waals surface area contributed by atoms with Crippen LogP contribution in [0.4, 0.5) is 11.6 Å². The summed E-state index contributed by atoms with van der Waals surface area (Å²) in [6, 6.07) is 2.03. The lowest BCUT2D eigenvalue weighted by Gasteiger charge is -2.21. The molecule has 1 N–H and O–H groups in total. The third-order valence-corrected chi connectivity index (χ3v) is 2.68. The molecule has 1 heterocycles. The Hall–Kier alpha value is -1.36. The van der Waals surface area contributed by atoms with Crippen LogP contribution in [0.1, 0.15) is 13.3 Å². The normalized spacial score (nSPS) is 10.4. The second-order valence-corrected chi connectivity index (χ2v) is 4.18. The molecule has 0 aliphatic heterocycles. The van der Waals surface area contributed by atoms with Crippen molar-refractivity contribution in [3.05, 3.63) is 12.4 Å². The lowest BCUT2D eigenvalue weighted by molar-refractivity contribution is 0.759. The zero-order valence-electron chi connectivity index (χ0n) is 11.3. The molecule has 17 heavy (non-hydrogen) atoms. The van der Waals surface area contributed by atoms with Gasteiger partial charge in [-0.1, -0.05) is 6.92 Å². The lowest BCUT2D eigenvalue weighted by Crippen LogP contribution is -2.28. The standard InChI is InChI=1S/C12H23N5/c1-5-7-16(3)11-9-12(15-10-14-11)17(4)8-6-13-2/h9-10,13H,5-8H2,1-4H3. The summed E-state index contributed by atoms with van der Waals surface area (Å²) in [6.45, 7) is 5.05. The van der Waals surface area contributed by atoms with Crippen LogP contribution in [0.3, 0.4) is 0 Å². The number of hydrogen-bond acceptors (Lipinski definition) is 5. The van der Waals surface area contributed by atoms with Gasteiger partial charge in [-0.05, 0) is 13.5 Å². The SMILES string of the molecule is CCCN(C)c1cc(N(C)CCNC)ncn1. The van der Waals surface area contributed by atoms with E-state index in [4.69, 9.17) is 0 Å². The summed E-state index contributed by atoms with van der Waals surface area (Å²) < 4.78 is 0. The molecule has 5 nitrogen and oxygen atoms in total. The number of nitrogens with zero attached hydrogens (tertiary/aromatic N) is 4. The molecule has 0 saturated heterocycles. The van der Waals surface area contributed by atoms with Crippen LogP contribution in [0.15, 0.2) is 12.4 Å². The number of hydrogen-bond donors (Lipinski definition) is 1. The molecule has 96 valence electrons. The van der Waals surface area contributed by atoms with E-state index in [-0.39, 0.29) is 0 Å². The summed E-state index contributed by atoms with van der Waals surface area (Å²) in [5.41, 5.74) is 0. The molecule has 0 aliphatic carbocycles. The summed E-state index contributed by atoms with van der Waals surface area (Å²) in [4.78, 5) is 12.9. The summed E-state index contributed by atoms with van der Waals surface area (Å²) in [5, 5.41) is 3.13. The van der Waals surface area contributed by atoms with Crippen molar-refractivity contribution in [1.82, 2.24) is 15.3 Å². The molecule has 0 unspecified atom stereocenters. The summed E-state index contributed by atoms with van der Waals surface area (Å²) in [7, 11) is 6.06. The van der Waals surface area contributed by atoms with Gasteiger partial charge in [0.25, 0.3) is 0 Å². The minimum atomic E-state index is 0.935. The van der Waals surface area contributed by atoms with Crippen LogP contribution in [-0.2, 0) is 0 Å². The smallest absolute Gasteiger partial charge is 0.133 e. The van der Waals surface area contributed by atoms with Crippen molar-refractivity contribution in [3.63, 3.8) is 0 Å². The second-order valence-electron chi connectivity index (χ2n) is 4.18. The van der Waals surface area contributed by atoms with Crippen molar-refractivity contribution in [2.24, 2.45) is 0 Å². The van der Waals surface area contributed by atoms with Gasteiger partial charge >= 0.3 is 0 Å². The molecular formula is C12H23N5. The Balaban J connectivity index is 2.70. The second kappa shape index (κ2) is 7.06. The predicted molar refractivity (Wildman–Crippen MR) is 72.8 cm³/mol. The molecule has 1 aromatic rings. The number of aromatic nitrogens is 2. The molecule has 1 rings (SSSR count). The first-order valence-corrected chi connectivity index (χ1v) is 6.08. The maximum Gasteiger partial charge on any atom is 0.133 e. The first-order chi connectivity index (χ1) is 8.19. The van der Waals surface area contributed by atoms with Crippen LogP contribution in [0.5, 0.6) is 0 Å². The Labute approximate surface area is 104 Å². The van der Waals surface area contributed by atoms with Crippen LogP contribution >= 0.6 is 0 Å². The molecule has 0 bridgehead atoms. The van der Waals surface area contributed by atoms with Gasteiger partial charge in [-0.3, -0.25) is 0 Å². The van der Waals surface area contributed by atoms with Gasteiger partial charge in [-0.15, -0.1) is 0 Å². The minimum absolute atomic E-state index is 0.935. The molecule has 0 atom stereocenters. The van der Waals surface area contributed by atoms with Gasteiger partial charge in [0.15, 0.2) is 0 Å². The molecule has 1 aromatic heterocycles. The van der Waals surface area contributed by atoms with E-state index in [2.05, 4.69) is 39.1 Å². The van der Waals surface area contributed by atoms with E-state index in [1.807, 2.05) is 20.2 Å². The van der Waals surface area contributed by atoms with E-state index in [0.717, 1.165) is 37.7 Å². The van der Waals surface area contributed by atoms with E-state index in [0.29, 0.717) is 0 Å². The fraction of sp³-hybridized carbons (Fsp3) is 0.667. The van der Waals surface area contributed by atoms with Gasteiger partial charge < -0.3 is 15.1 Å². The zero-order chi connectivity index (χ0) is 12.7. The van der Waals surface area contributed by atoms with Gasteiger partial charge in [-0.25, -0.2) is 9.97 Å². The van der Waals surface area contributed by atoms with Gasteiger partial charge in [0.1, 0.15) is 18.0 Å². The Bertz CT molecular complexity index is 328. The monoisotopic (exact) mass is 237 g/mol. The van der Waals surface area contributed by atoms with Crippen LogP contribution in [0, 0.1) is 0 Å². The fourth-order valence-corrected chi connectivity index (χ4v) is 1.60. The number of rotatable bonds is 7. The maximum atomic E-state index is 4.30. The highest BCUT2D eigenvalue weighted by molar-refractivity contribution is 5.49. The quantitative estimate of drug-likeness (QED) is 0.766. The van der Waals surface area contributed by atoms with Crippen LogP contribution < -0.4 is 15.1 Å². The average Bonchev–Trinajstić information content (AvgIpc) is 2.36. The van der Waals surface area contributed by atoms with Gasteiger partial charge in [0.2, 0.25) is 0 Å². The van der Waals surface area contributed by atoms with Crippen molar-refractivity contribution < 1.29 is 0 Å². The molecule has 0 amide bonds. The number of nitrogens with one attached hydrogen (secondary N) is 1. The topological polar surface area (TPSA) is 44.3 Å². The highest BCUT2D eigenvalue weighted by atomic mass is 15.2. The largest absolute Gasteiger partial charge is 0.360 e. The minimum Gasteiger partial charge on any atom is -0.360 e. The Morgan fingerprint density at radius 1 is 1.12 bits per heavy atom. The van der Waals surface area contributed by atoms with Crippen LogP contribution in [-0.4, -0.2) is 50.7 Å². The predicted octanol–water partition coefficient (Wildman–Crippen LogP) is 0.978. The third kappa shape index (κ3) is 4.19. The molecule has 0 radical (unpaired) electrons. The van der Waals surface area contributed by atoms with Crippen LogP contribution in [0.25, 0.3) is 0 Å². The lowest BCUT2D eigenvalue weighted by atomic mass is 10.4. The Kier molecular flexibility index (Phi) is 5.69. The number of anilines is 2. The molecule has 5 heteroatoms. The Morgan fingerprint density at radius 2 is 1.71 bits per heavy atom. The molecule has 0 fully saturated rings. The third-order valence-electron chi connectivity index (χ3n) is 2.68. The molecule has 0 spiro atoms. The van der Waals surface area contributed by atoms with Crippen molar-refractivity contribution in [1.29, 1.82) is 0 Å². The molecule has 0 saturated carbocycles. The van der Waals surface area contributed by atoms with E-state index < -0.39 is 0 Å². The summed E-state index contributed by atoms with van der Waals surface area (Å²) in [5.74, 6) is 1.95. The van der Waals surface area contributed by atoms with Gasteiger partial charge in [0, 0.05) is 39.8 Å². The van der Waals surface area contributed by atoms with Crippen molar-refractivity contribution >= 4 is 11.6 Å². The molecule has 0 aromatic carbocycles. The van der Waals surface area contributed by atoms with E-state index in [1.165, 1.54) is 0 Å². The van der Waals surface area contributed by atoms with Gasteiger partial charge in [0.05, 0.1) is 0 Å². The van der Waals surface area contributed by atoms with Crippen LogP contribution in [0.2, 0.25) is 0 Å². The van der Waals surface area contributed by atoms with Gasteiger partial charge in [-0.2, -0.15) is 0 Å². The highest BCUT2D eigenvalue weighted by Crippen LogP contribution is 2.15. The highest BCUT2D eigenvalue weighted by Gasteiger charge is 2.06. The molecule has 0 aliphatic rings.